The molecule has 13 heavy (non-hydrogen) atoms. The van der Waals surface area contributed by atoms with Gasteiger partial charge in [-0.3, -0.25) is 0 Å². The van der Waals surface area contributed by atoms with E-state index in [1.807, 2.05) is 0 Å². The van der Waals surface area contributed by atoms with E-state index in [0.717, 1.165) is 13.8 Å². The van der Waals surface area contributed by atoms with Gasteiger partial charge in [0, 0.05) is 0 Å². The van der Waals surface area contributed by atoms with Gasteiger partial charge in [0.25, 0.3) is 0 Å². The molecule has 0 bridgehead atoms. The summed E-state index contributed by atoms with van der Waals surface area (Å²) >= 11 is 0. The SMILES string of the molecule is CC(O)C(=O)OC(=O)C(C)O.[AlH3].[Ca+2].[H-].[H-]. The Labute approximate surface area is 120 Å². The largest absolute Gasteiger partial charge is 2.00 e. The van der Waals surface area contributed by atoms with Crippen LogP contribution in [0.15, 0.2) is 0 Å². The number of rotatable bonds is 2. The fraction of sp³-hybridized carbons (Fsp3) is 0.667. The minimum atomic E-state index is -1.35. The van der Waals surface area contributed by atoms with Crippen LogP contribution in [0.25, 0.3) is 0 Å². The molecule has 0 aliphatic carbocycles. The Hall–Kier alpha value is 0.852. The zero-order chi connectivity index (χ0) is 9.02. The van der Waals surface area contributed by atoms with Crippen molar-refractivity contribution < 1.29 is 27.4 Å². The van der Waals surface area contributed by atoms with Crippen molar-refractivity contribution in [3.8, 4) is 0 Å². The molecule has 0 aromatic rings. The number of aliphatic hydroxyl groups excluding tert-OH is 2. The third-order valence-electron chi connectivity index (χ3n) is 0.883. The second kappa shape index (κ2) is 9.41. The van der Waals surface area contributed by atoms with Gasteiger partial charge in [-0.2, -0.15) is 0 Å². The second-order valence-electron chi connectivity index (χ2n) is 2.09. The van der Waals surface area contributed by atoms with E-state index in [1.54, 1.807) is 0 Å². The van der Waals surface area contributed by atoms with Gasteiger partial charge in [-0.05, 0) is 13.8 Å². The van der Waals surface area contributed by atoms with Crippen LogP contribution in [-0.2, 0) is 14.3 Å². The molecule has 5 nitrogen and oxygen atoms in total. The first-order valence-electron chi connectivity index (χ1n) is 3.06. The molecule has 0 aliphatic rings. The minimum absolute atomic E-state index is 0. The Morgan fingerprint density at radius 1 is 1.15 bits per heavy atom. The molecule has 0 spiro atoms. The van der Waals surface area contributed by atoms with Crippen molar-refractivity contribution in [1.82, 2.24) is 0 Å². The van der Waals surface area contributed by atoms with Gasteiger partial charge in [0.1, 0.15) is 12.2 Å². The summed E-state index contributed by atoms with van der Waals surface area (Å²) < 4.78 is 4.00. The van der Waals surface area contributed by atoms with E-state index in [-0.39, 0.29) is 58.0 Å². The van der Waals surface area contributed by atoms with Gasteiger partial charge in [-0.25, -0.2) is 9.59 Å². The molecule has 0 radical (unpaired) electrons. The van der Waals surface area contributed by atoms with Crippen molar-refractivity contribution in [3.63, 3.8) is 0 Å². The van der Waals surface area contributed by atoms with Gasteiger partial charge in [-0.15, -0.1) is 0 Å². The normalized spacial score (nSPS) is 12.9. The Balaban J connectivity index is -0.0000000833. The summed E-state index contributed by atoms with van der Waals surface area (Å²) in [7, 11) is 0. The molecule has 0 saturated carbocycles. The van der Waals surface area contributed by atoms with E-state index >= 15 is 0 Å². The number of hydrogen-bond donors (Lipinski definition) is 2. The van der Waals surface area contributed by atoms with E-state index in [2.05, 4.69) is 4.74 Å². The maximum Gasteiger partial charge on any atom is 2.00 e. The van der Waals surface area contributed by atoms with Gasteiger partial charge in [-0.1, -0.05) is 0 Å². The quantitative estimate of drug-likeness (QED) is 0.313. The van der Waals surface area contributed by atoms with Crippen LogP contribution in [0.4, 0.5) is 0 Å². The monoisotopic (exact) mass is 234 g/mol. The zero-order valence-electron chi connectivity index (χ0n) is 8.98. The Morgan fingerprint density at radius 2 is 1.38 bits per heavy atom. The third kappa shape index (κ3) is 9.16. The average Bonchev–Trinajstić information content (AvgIpc) is 1.87. The van der Waals surface area contributed by atoms with Crippen molar-refractivity contribution in [2.45, 2.75) is 26.1 Å². The number of esters is 2. The van der Waals surface area contributed by atoms with Gasteiger partial charge in [0.2, 0.25) is 0 Å². The molecule has 0 heterocycles. The van der Waals surface area contributed by atoms with E-state index < -0.39 is 24.1 Å². The van der Waals surface area contributed by atoms with Crippen LogP contribution in [0.3, 0.4) is 0 Å². The number of ether oxygens (including phenoxy) is 1. The molecule has 7 heteroatoms. The van der Waals surface area contributed by atoms with E-state index in [4.69, 9.17) is 10.2 Å². The molecule has 0 amide bonds. The van der Waals surface area contributed by atoms with Crippen LogP contribution in [0.1, 0.15) is 16.7 Å². The molecule has 0 aliphatic heterocycles. The molecule has 2 atom stereocenters. The maximum atomic E-state index is 10.5. The van der Waals surface area contributed by atoms with Crippen molar-refractivity contribution in [1.29, 1.82) is 0 Å². The molecule has 0 fully saturated rings. The van der Waals surface area contributed by atoms with Crippen LogP contribution in [0.2, 0.25) is 0 Å². The zero-order valence-corrected chi connectivity index (χ0v) is 9.19. The first kappa shape index (κ1) is 19.4. The second-order valence-corrected chi connectivity index (χ2v) is 2.09. The molecule has 0 aromatic carbocycles. The molecule has 0 rings (SSSR count). The van der Waals surface area contributed by atoms with Crippen molar-refractivity contribution in [3.05, 3.63) is 0 Å². The van der Waals surface area contributed by atoms with Gasteiger partial charge >= 0.3 is 49.7 Å². The van der Waals surface area contributed by atoms with Crippen LogP contribution < -0.4 is 0 Å². The van der Waals surface area contributed by atoms with Gasteiger partial charge in [0.15, 0.2) is 17.4 Å². The van der Waals surface area contributed by atoms with Crippen molar-refractivity contribution >= 4 is 67.0 Å². The fourth-order valence-corrected chi connectivity index (χ4v) is 0.270. The summed E-state index contributed by atoms with van der Waals surface area (Å²) in [5.74, 6) is -2.12. The molecule has 2 unspecified atom stereocenters. The van der Waals surface area contributed by atoms with Crippen LogP contribution >= 0.6 is 0 Å². The summed E-state index contributed by atoms with van der Waals surface area (Å²) in [5, 5.41) is 17.1. The van der Waals surface area contributed by atoms with E-state index in [0.29, 0.717) is 0 Å². The number of hydrogen-bond acceptors (Lipinski definition) is 5. The smallest absolute Gasteiger partial charge is 1.00 e. The van der Waals surface area contributed by atoms with Gasteiger partial charge < -0.3 is 17.8 Å². The summed E-state index contributed by atoms with van der Waals surface area (Å²) in [6.45, 7) is 2.33. The number of carbonyl (C=O) groups excluding carboxylic acids is 2. The summed E-state index contributed by atoms with van der Waals surface area (Å²) in [4.78, 5) is 20.9. The van der Waals surface area contributed by atoms with E-state index in [1.165, 1.54) is 0 Å². The molecule has 74 valence electrons. The number of carbonyl (C=O) groups is 2. The topological polar surface area (TPSA) is 83.8 Å². The molecular formula is C6H15AlCaO5. The maximum absolute atomic E-state index is 10.5. The van der Waals surface area contributed by atoms with E-state index in [9.17, 15) is 9.59 Å². The summed E-state index contributed by atoms with van der Waals surface area (Å²) in [5.41, 5.74) is 0. The van der Waals surface area contributed by atoms with Crippen molar-refractivity contribution in [2.24, 2.45) is 0 Å². The first-order valence-corrected chi connectivity index (χ1v) is 3.06. The molecule has 0 saturated heterocycles. The third-order valence-corrected chi connectivity index (χ3v) is 0.883. The fourth-order valence-electron chi connectivity index (χ4n) is 0.270. The molecular weight excluding hydrogens is 219 g/mol. The van der Waals surface area contributed by atoms with Gasteiger partial charge in [0.05, 0.1) is 0 Å². The first-order chi connectivity index (χ1) is 4.95. The summed E-state index contributed by atoms with van der Waals surface area (Å²) in [6.07, 6.45) is -2.70. The summed E-state index contributed by atoms with van der Waals surface area (Å²) in [6, 6.07) is 0. The van der Waals surface area contributed by atoms with Crippen LogP contribution in [0.5, 0.6) is 0 Å². The Morgan fingerprint density at radius 3 is 1.54 bits per heavy atom. The predicted molar refractivity (Wildman–Crippen MR) is 52.4 cm³/mol. The number of aliphatic hydroxyl groups is 2. The Kier molecular flexibility index (Phi) is 14.1. The predicted octanol–water partition coefficient (Wildman–Crippen LogP) is -2.52. The van der Waals surface area contributed by atoms with Crippen LogP contribution in [-0.4, -0.2) is 89.5 Å². The molecule has 2 N–H and O–H groups in total. The standard InChI is InChI=1S/C6H10O5.Al.Ca.5H/c1-3(7)5(9)11-6(10)4(2)8;;;;;;;/h3-4,7-8H,1-2H3;;;;;;;/q;;+2;;;;2*-1. The molecule has 0 aromatic heterocycles. The minimum Gasteiger partial charge on any atom is -1.00 e. The average molecular weight is 234 g/mol. The van der Waals surface area contributed by atoms with Crippen LogP contribution in [0, 0.1) is 0 Å². The van der Waals surface area contributed by atoms with Crippen molar-refractivity contribution in [2.75, 3.05) is 0 Å². The Bertz CT molecular complexity index is 161.